The summed E-state index contributed by atoms with van der Waals surface area (Å²) in [6.07, 6.45) is 0.697. The molecule has 1 amide bonds. The van der Waals surface area contributed by atoms with E-state index in [-0.39, 0.29) is 29.0 Å². The lowest BCUT2D eigenvalue weighted by Gasteiger charge is -2.30. The quantitative estimate of drug-likeness (QED) is 0.502. The number of hydrogen-bond acceptors (Lipinski definition) is 8. The van der Waals surface area contributed by atoms with Gasteiger partial charge in [-0.2, -0.15) is 0 Å². The molecule has 190 valence electrons. The van der Waals surface area contributed by atoms with Gasteiger partial charge in [0.15, 0.2) is 11.4 Å². The first-order chi connectivity index (χ1) is 16.5. The zero-order valence-corrected chi connectivity index (χ0v) is 20.9. The molecule has 0 unspecified atom stereocenters. The topological polar surface area (TPSA) is 113 Å². The standard InChI is InChI=1S/C25H31FN2O7/c1-13(2)21(18-9-8-17(26)12-20(18)33-7)15(4)34-25(31)14(3)28-24(30)22-23(35-16(5)29)19(32-6)10-11-27-22/h8-15,21H,1-7H3,(H,28,30)/t14-,15-,21+/m0/s1. The van der Waals surface area contributed by atoms with Crippen LogP contribution in [0.15, 0.2) is 30.5 Å². The number of carbonyl (C=O) groups is 3. The number of pyridine rings is 1. The van der Waals surface area contributed by atoms with Gasteiger partial charge in [0, 0.05) is 36.7 Å². The van der Waals surface area contributed by atoms with Gasteiger partial charge in [0.1, 0.15) is 23.7 Å². The Hall–Kier alpha value is -3.69. The van der Waals surface area contributed by atoms with Gasteiger partial charge in [-0.25, -0.2) is 14.2 Å². The third-order valence-electron chi connectivity index (χ3n) is 5.33. The number of esters is 2. The second-order valence-corrected chi connectivity index (χ2v) is 8.28. The number of methoxy groups -OCH3 is 2. The minimum absolute atomic E-state index is 0.0225. The Morgan fingerprint density at radius 1 is 1.00 bits per heavy atom. The molecule has 0 radical (unpaired) electrons. The minimum atomic E-state index is -1.05. The molecule has 1 aromatic carbocycles. The molecule has 0 aliphatic heterocycles. The van der Waals surface area contributed by atoms with Gasteiger partial charge in [0.25, 0.3) is 5.91 Å². The fraction of sp³-hybridized carbons (Fsp3) is 0.440. The SMILES string of the molecule is COc1cc(F)ccc1[C@H](C(C)C)[C@H](C)OC(=O)[C@H](C)NC(=O)c1nccc(OC)c1OC(C)=O. The summed E-state index contributed by atoms with van der Waals surface area (Å²) in [4.78, 5) is 41.1. The molecule has 10 heteroatoms. The molecule has 2 rings (SSSR count). The number of ether oxygens (including phenoxy) is 4. The van der Waals surface area contributed by atoms with E-state index >= 15 is 0 Å². The number of amides is 1. The summed E-state index contributed by atoms with van der Waals surface area (Å²) in [6, 6.07) is 4.60. The van der Waals surface area contributed by atoms with Gasteiger partial charge in [0.2, 0.25) is 5.75 Å². The number of benzene rings is 1. The number of nitrogens with one attached hydrogen (secondary N) is 1. The summed E-state index contributed by atoms with van der Waals surface area (Å²) in [7, 11) is 2.80. The Kier molecular flexibility index (Phi) is 9.56. The van der Waals surface area contributed by atoms with Crippen molar-refractivity contribution in [3.8, 4) is 17.2 Å². The van der Waals surface area contributed by atoms with Crippen LogP contribution in [0.5, 0.6) is 17.2 Å². The van der Waals surface area contributed by atoms with Crippen molar-refractivity contribution in [1.29, 1.82) is 0 Å². The van der Waals surface area contributed by atoms with E-state index in [2.05, 4.69) is 10.3 Å². The van der Waals surface area contributed by atoms with Crippen LogP contribution in [0.1, 0.15) is 56.6 Å². The summed E-state index contributed by atoms with van der Waals surface area (Å²) >= 11 is 0. The molecule has 0 fully saturated rings. The lowest BCUT2D eigenvalue weighted by atomic mass is 9.84. The molecule has 0 aliphatic rings. The van der Waals surface area contributed by atoms with Crippen molar-refractivity contribution in [3.63, 3.8) is 0 Å². The fourth-order valence-corrected chi connectivity index (χ4v) is 3.79. The van der Waals surface area contributed by atoms with E-state index < -0.39 is 35.8 Å². The van der Waals surface area contributed by atoms with Crippen molar-refractivity contribution in [3.05, 3.63) is 47.5 Å². The first-order valence-electron chi connectivity index (χ1n) is 11.1. The number of carbonyl (C=O) groups excluding carboxylic acids is 3. The molecule has 3 atom stereocenters. The number of rotatable bonds is 10. The van der Waals surface area contributed by atoms with Gasteiger partial charge in [-0.15, -0.1) is 0 Å². The minimum Gasteiger partial charge on any atom is -0.496 e. The molecule has 35 heavy (non-hydrogen) atoms. The largest absolute Gasteiger partial charge is 0.496 e. The average molecular weight is 491 g/mol. The van der Waals surface area contributed by atoms with Crippen molar-refractivity contribution in [2.45, 2.75) is 52.7 Å². The molecule has 1 heterocycles. The predicted octanol–water partition coefficient (Wildman–Crippen LogP) is 3.65. The van der Waals surface area contributed by atoms with Crippen molar-refractivity contribution >= 4 is 17.8 Å². The highest BCUT2D eigenvalue weighted by atomic mass is 19.1. The van der Waals surface area contributed by atoms with Gasteiger partial charge in [-0.05, 0) is 25.8 Å². The fourth-order valence-electron chi connectivity index (χ4n) is 3.79. The highest BCUT2D eigenvalue weighted by molar-refractivity contribution is 5.98. The maximum absolute atomic E-state index is 13.7. The van der Waals surface area contributed by atoms with E-state index in [1.165, 1.54) is 52.5 Å². The van der Waals surface area contributed by atoms with Crippen molar-refractivity contribution in [2.75, 3.05) is 14.2 Å². The number of halogens is 1. The van der Waals surface area contributed by atoms with E-state index in [0.29, 0.717) is 11.3 Å². The van der Waals surface area contributed by atoms with Crippen LogP contribution in [0.25, 0.3) is 0 Å². The first-order valence-corrected chi connectivity index (χ1v) is 11.1. The van der Waals surface area contributed by atoms with Crippen LogP contribution < -0.4 is 19.5 Å². The molecule has 0 spiro atoms. The highest BCUT2D eigenvalue weighted by Crippen LogP contribution is 2.36. The Bertz CT molecular complexity index is 1070. The van der Waals surface area contributed by atoms with Crippen LogP contribution >= 0.6 is 0 Å². The normalized spacial score (nSPS) is 13.4. The van der Waals surface area contributed by atoms with Crippen molar-refractivity contribution < 1.29 is 37.7 Å². The predicted molar refractivity (Wildman–Crippen MR) is 125 cm³/mol. The van der Waals surface area contributed by atoms with Crippen LogP contribution in [0.3, 0.4) is 0 Å². The Morgan fingerprint density at radius 2 is 1.66 bits per heavy atom. The smallest absolute Gasteiger partial charge is 0.328 e. The summed E-state index contributed by atoms with van der Waals surface area (Å²) in [5, 5.41) is 2.51. The maximum Gasteiger partial charge on any atom is 0.328 e. The third kappa shape index (κ3) is 6.91. The summed E-state index contributed by atoms with van der Waals surface area (Å²) in [5.74, 6) is -2.48. The number of aromatic nitrogens is 1. The second kappa shape index (κ2) is 12.1. The van der Waals surface area contributed by atoms with Gasteiger partial charge in [-0.1, -0.05) is 19.9 Å². The van der Waals surface area contributed by atoms with Crippen LogP contribution in [-0.4, -0.2) is 49.2 Å². The molecule has 0 saturated heterocycles. The number of hydrogen-bond donors (Lipinski definition) is 1. The molecular weight excluding hydrogens is 459 g/mol. The Balaban J connectivity index is 2.19. The van der Waals surface area contributed by atoms with Gasteiger partial charge in [-0.3, -0.25) is 9.59 Å². The molecule has 1 N–H and O–H groups in total. The van der Waals surface area contributed by atoms with Crippen molar-refractivity contribution in [2.24, 2.45) is 5.92 Å². The first kappa shape index (κ1) is 27.6. The van der Waals surface area contributed by atoms with Crippen LogP contribution in [0.2, 0.25) is 0 Å². The van der Waals surface area contributed by atoms with Gasteiger partial charge >= 0.3 is 11.9 Å². The molecular formula is C25H31FN2O7. The zero-order chi connectivity index (χ0) is 26.3. The Labute approximate surface area is 203 Å². The van der Waals surface area contributed by atoms with Crippen LogP contribution in [0.4, 0.5) is 4.39 Å². The monoisotopic (exact) mass is 490 g/mol. The van der Waals surface area contributed by atoms with E-state index in [1.54, 1.807) is 13.0 Å². The zero-order valence-electron chi connectivity index (χ0n) is 20.9. The van der Waals surface area contributed by atoms with E-state index in [0.717, 1.165) is 0 Å². The summed E-state index contributed by atoms with van der Waals surface area (Å²) in [5.41, 5.74) is 0.482. The van der Waals surface area contributed by atoms with Gasteiger partial charge < -0.3 is 24.3 Å². The van der Waals surface area contributed by atoms with Crippen molar-refractivity contribution in [1.82, 2.24) is 10.3 Å². The molecule has 0 aliphatic carbocycles. The van der Waals surface area contributed by atoms with Crippen LogP contribution in [-0.2, 0) is 14.3 Å². The average Bonchev–Trinajstić information content (AvgIpc) is 2.79. The Morgan fingerprint density at radius 3 is 2.23 bits per heavy atom. The molecule has 0 bridgehead atoms. The summed E-state index contributed by atoms with van der Waals surface area (Å²) in [6.45, 7) is 8.27. The highest BCUT2D eigenvalue weighted by Gasteiger charge is 2.31. The summed E-state index contributed by atoms with van der Waals surface area (Å²) < 4.78 is 34.9. The molecule has 2 aromatic rings. The molecule has 9 nitrogen and oxygen atoms in total. The lowest BCUT2D eigenvalue weighted by molar-refractivity contribution is -0.151. The van der Waals surface area contributed by atoms with Gasteiger partial charge in [0.05, 0.1) is 14.2 Å². The molecule has 1 aromatic heterocycles. The van der Waals surface area contributed by atoms with E-state index in [9.17, 15) is 18.8 Å². The van der Waals surface area contributed by atoms with Crippen LogP contribution in [0, 0.1) is 11.7 Å². The second-order valence-electron chi connectivity index (χ2n) is 8.28. The molecule has 0 saturated carbocycles. The van der Waals surface area contributed by atoms with E-state index in [4.69, 9.17) is 18.9 Å². The number of nitrogens with zero attached hydrogens (tertiary/aromatic N) is 1. The lowest BCUT2D eigenvalue weighted by Crippen LogP contribution is -2.42. The maximum atomic E-state index is 13.7. The third-order valence-corrected chi connectivity index (χ3v) is 5.33. The van der Waals surface area contributed by atoms with E-state index in [1.807, 2.05) is 13.8 Å².